The van der Waals surface area contributed by atoms with E-state index in [2.05, 4.69) is 23.2 Å². The maximum Gasteiger partial charge on any atom is 0.0638 e. The average molecular weight is 193 g/mol. The van der Waals surface area contributed by atoms with E-state index >= 15 is 0 Å². The first kappa shape index (κ1) is 9.95. The summed E-state index contributed by atoms with van der Waals surface area (Å²) in [7, 11) is 0. The molecule has 0 amide bonds. The molecule has 2 saturated heterocycles. The molecular formula is C11H19N3. The number of nitrogens with zero attached hydrogens (tertiary/aromatic N) is 2. The Morgan fingerprint density at radius 3 is 3.21 bits per heavy atom. The van der Waals surface area contributed by atoms with Gasteiger partial charge >= 0.3 is 0 Å². The molecule has 0 aromatic rings. The van der Waals surface area contributed by atoms with Crippen LogP contribution in [0.25, 0.3) is 0 Å². The van der Waals surface area contributed by atoms with Crippen LogP contribution in [-0.2, 0) is 0 Å². The van der Waals surface area contributed by atoms with Crippen LogP contribution in [0.2, 0.25) is 0 Å². The second-order valence-electron chi connectivity index (χ2n) is 4.58. The Labute approximate surface area is 86.1 Å². The van der Waals surface area contributed by atoms with Gasteiger partial charge in [0.25, 0.3) is 0 Å². The number of rotatable bonds is 2. The Morgan fingerprint density at radius 1 is 1.57 bits per heavy atom. The third-order valence-corrected chi connectivity index (χ3v) is 3.67. The fraction of sp³-hybridized carbons (Fsp3) is 0.909. The molecule has 3 heteroatoms. The second-order valence-corrected chi connectivity index (χ2v) is 4.58. The zero-order chi connectivity index (χ0) is 9.97. The SMILES string of the molecule is CC(CC#N)N1CCCC2CNCC21. The summed E-state index contributed by atoms with van der Waals surface area (Å²) in [5.74, 6) is 0.838. The van der Waals surface area contributed by atoms with Crippen molar-refractivity contribution < 1.29 is 0 Å². The van der Waals surface area contributed by atoms with Crippen LogP contribution in [0.5, 0.6) is 0 Å². The molecule has 0 aromatic carbocycles. The molecule has 2 aliphatic heterocycles. The maximum atomic E-state index is 8.72. The smallest absolute Gasteiger partial charge is 0.0638 e. The van der Waals surface area contributed by atoms with E-state index in [1.54, 1.807) is 0 Å². The first-order chi connectivity index (χ1) is 6.83. The van der Waals surface area contributed by atoms with Crippen molar-refractivity contribution in [3.63, 3.8) is 0 Å². The summed E-state index contributed by atoms with van der Waals surface area (Å²) in [5.41, 5.74) is 0. The summed E-state index contributed by atoms with van der Waals surface area (Å²) >= 11 is 0. The van der Waals surface area contributed by atoms with Crippen LogP contribution in [0.15, 0.2) is 0 Å². The Hall–Kier alpha value is -0.590. The van der Waals surface area contributed by atoms with Gasteiger partial charge in [-0.25, -0.2) is 0 Å². The molecule has 2 heterocycles. The molecule has 2 fully saturated rings. The van der Waals surface area contributed by atoms with Gasteiger partial charge in [0.1, 0.15) is 0 Å². The van der Waals surface area contributed by atoms with Crippen LogP contribution < -0.4 is 5.32 Å². The Kier molecular flexibility index (Phi) is 3.05. The largest absolute Gasteiger partial charge is 0.315 e. The minimum Gasteiger partial charge on any atom is -0.315 e. The lowest BCUT2D eigenvalue weighted by atomic mass is 9.90. The summed E-state index contributed by atoms with van der Waals surface area (Å²) in [6.45, 7) is 5.68. The predicted octanol–water partition coefficient (Wildman–Crippen LogP) is 0.972. The molecule has 0 saturated carbocycles. The molecule has 3 unspecified atom stereocenters. The Balaban J connectivity index is 1.99. The van der Waals surface area contributed by atoms with Gasteiger partial charge in [0.15, 0.2) is 0 Å². The topological polar surface area (TPSA) is 39.1 Å². The molecule has 3 atom stereocenters. The predicted molar refractivity (Wildman–Crippen MR) is 55.8 cm³/mol. The van der Waals surface area contributed by atoms with E-state index in [-0.39, 0.29) is 0 Å². The molecule has 78 valence electrons. The van der Waals surface area contributed by atoms with Crippen molar-refractivity contribution in [3.8, 4) is 6.07 Å². The average Bonchev–Trinajstić information content (AvgIpc) is 2.65. The standard InChI is InChI=1S/C11H19N3/c1-9(4-5-12)14-6-2-3-10-7-13-8-11(10)14/h9-11,13H,2-4,6-8H2,1H3. The minimum absolute atomic E-state index is 0.438. The first-order valence-electron chi connectivity index (χ1n) is 5.66. The molecule has 14 heavy (non-hydrogen) atoms. The van der Waals surface area contributed by atoms with E-state index in [0.717, 1.165) is 12.5 Å². The molecular weight excluding hydrogens is 174 g/mol. The van der Waals surface area contributed by atoms with Gasteiger partial charge in [-0.05, 0) is 38.8 Å². The lowest BCUT2D eigenvalue weighted by Gasteiger charge is -2.40. The minimum atomic E-state index is 0.438. The molecule has 0 spiro atoms. The number of hydrogen-bond donors (Lipinski definition) is 1. The van der Waals surface area contributed by atoms with Crippen LogP contribution in [0.4, 0.5) is 0 Å². The van der Waals surface area contributed by atoms with Crippen molar-refractivity contribution in [1.82, 2.24) is 10.2 Å². The lowest BCUT2D eigenvalue weighted by molar-refractivity contribution is 0.0867. The third kappa shape index (κ3) is 1.77. The normalized spacial score (nSPS) is 34.9. The van der Waals surface area contributed by atoms with Gasteiger partial charge in [0.05, 0.1) is 12.5 Å². The summed E-state index contributed by atoms with van der Waals surface area (Å²) in [6, 6.07) is 3.42. The lowest BCUT2D eigenvalue weighted by Crippen LogP contribution is -2.49. The summed E-state index contributed by atoms with van der Waals surface area (Å²) < 4.78 is 0. The second kappa shape index (κ2) is 4.29. The number of fused-ring (bicyclic) bond motifs is 1. The summed E-state index contributed by atoms with van der Waals surface area (Å²) in [4.78, 5) is 2.54. The van der Waals surface area contributed by atoms with E-state index in [0.29, 0.717) is 18.5 Å². The number of nitriles is 1. The van der Waals surface area contributed by atoms with Crippen molar-refractivity contribution in [3.05, 3.63) is 0 Å². The molecule has 0 bridgehead atoms. The molecule has 0 aromatic heterocycles. The van der Waals surface area contributed by atoms with E-state index in [9.17, 15) is 0 Å². The molecule has 3 nitrogen and oxygen atoms in total. The van der Waals surface area contributed by atoms with E-state index in [4.69, 9.17) is 5.26 Å². The van der Waals surface area contributed by atoms with Crippen molar-refractivity contribution >= 4 is 0 Å². The highest BCUT2D eigenvalue weighted by molar-refractivity contribution is 4.95. The van der Waals surface area contributed by atoms with E-state index < -0.39 is 0 Å². The molecule has 2 rings (SSSR count). The number of piperidine rings is 1. The fourth-order valence-corrected chi connectivity index (χ4v) is 2.90. The highest BCUT2D eigenvalue weighted by Crippen LogP contribution is 2.28. The molecule has 2 aliphatic rings. The highest BCUT2D eigenvalue weighted by atomic mass is 15.2. The van der Waals surface area contributed by atoms with Crippen LogP contribution >= 0.6 is 0 Å². The fourth-order valence-electron chi connectivity index (χ4n) is 2.90. The van der Waals surface area contributed by atoms with Crippen molar-refractivity contribution in [2.75, 3.05) is 19.6 Å². The quantitative estimate of drug-likeness (QED) is 0.710. The van der Waals surface area contributed by atoms with E-state index in [1.807, 2.05) is 0 Å². The van der Waals surface area contributed by atoms with Gasteiger partial charge in [-0.3, -0.25) is 4.90 Å². The Morgan fingerprint density at radius 2 is 2.43 bits per heavy atom. The van der Waals surface area contributed by atoms with E-state index in [1.165, 1.54) is 25.9 Å². The van der Waals surface area contributed by atoms with Crippen molar-refractivity contribution in [2.24, 2.45) is 5.92 Å². The van der Waals surface area contributed by atoms with Gasteiger partial charge in [-0.1, -0.05) is 0 Å². The van der Waals surface area contributed by atoms with Crippen LogP contribution in [0.1, 0.15) is 26.2 Å². The van der Waals surface area contributed by atoms with Gasteiger partial charge in [0.2, 0.25) is 0 Å². The number of nitrogens with one attached hydrogen (secondary N) is 1. The van der Waals surface area contributed by atoms with Gasteiger partial charge < -0.3 is 5.32 Å². The summed E-state index contributed by atoms with van der Waals surface area (Å²) in [5, 5.41) is 12.2. The van der Waals surface area contributed by atoms with Crippen molar-refractivity contribution in [1.29, 1.82) is 5.26 Å². The Bertz CT molecular complexity index is 233. The van der Waals surface area contributed by atoms with Crippen LogP contribution in [0, 0.1) is 17.2 Å². The highest BCUT2D eigenvalue weighted by Gasteiger charge is 2.36. The zero-order valence-electron chi connectivity index (χ0n) is 8.87. The molecule has 1 N–H and O–H groups in total. The number of hydrogen-bond acceptors (Lipinski definition) is 3. The molecule has 0 aliphatic carbocycles. The summed E-state index contributed by atoms with van der Waals surface area (Å²) in [6.07, 6.45) is 3.34. The molecule has 0 radical (unpaired) electrons. The third-order valence-electron chi connectivity index (χ3n) is 3.67. The van der Waals surface area contributed by atoms with Crippen LogP contribution in [-0.4, -0.2) is 36.6 Å². The van der Waals surface area contributed by atoms with Gasteiger partial charge in [0, 0.05) is 18.6 Å². The monoisotopic (exact) mass is 193 g/mol. The first-order valence-corrected chi connectivity index (χ1v) is 5.66. The van der Waals surface area contributed by atoms with Crippen molar-refractivity contribution in [2.45, 2.75) is 38.3 Å². The van der Waals surface area contributed by atoms with Gasteiger partial charge in [-0.15, -0.1) is 0 Å². The maximum absolute atomic E-state index is 8.72. The van der Waals surface area contributed by atoms with Gasteiger partial charge in [-0.2, -0.15) is 5.26 Å². The zero-order valence-corrected chi connectivity index (χ0v) is 8.87. The van der Waals surface area contributed by atoms with Crippen LogP contribution in [0.3, 0.4) is 0 Å². The number of likely N-dealkylation sites (tertiary alicyclic amines) is 1.